The van der Waals surface area contributed by atoms with E-state index in [0.717, 1.165) is 6.42 Å². The van der Waals surface area contributed by atoms with Gasteiger partial charge in [0.15, 0.2) is 0 Å². The minimum absolute atomic E-state index is 0.100. The van der Waals surface area contributed by atoms with Crippen LogP contribution in [-0.4, -0.2) is 24.1 Å². The van der Waals surface area contributed by atoms with Gasteiger partial charge in [0.2, 0.25) is 6.10 Å². The van der Waals surface area contributed by atoms with Crippen LogP contribution in [-0.2, 0) is 19.1 Å². The first-order chi connectivity index (χ1) is 5.63. The molecular weight excluding hydrogens is 160 g/mol. The van der Waals surface area contributed by atoms with Crippen LogP contribution in [0, 0.1) is 0 Å². The van der Waals surface area contributed by atoms with E-state index in [9.17, 15) is 9.59 Å². The van der Waals surface area contributed by atoms with Crippen LogP contribution in [0.5, 0.6) is 0 Å². The summed E-state index contributed by atoms with van der Waals surface area (Å²) in [6.45, 7) is 3.73. The summed E-state index contributed by atoms with van der Waals surface area (Å²) in [4.78, 5) is 21.4. The molecule has 0 aromatic heterocycles. The molecule has 68 valence electrons. The van der Waals surface area contributed by atoms with Crippen LogP contribution in [0.25, 0.3) is 0 Å². The van der Waals surface area contributed by atoms with Crippen LogP contribution in [0.3, 0.4) is 0 Å². The molecule has 0 aliphatic carbocycles. The van der Waals surface area contributed by atoms with Crippen molar-refractivity contribution in [1.82, 2.24) is 0 Å². The summed E-state index contributed by atoms with van der Waals surface area (Å²) in [5.41, 5.74) is 0. The van der Waals surface area contributed by atoms with Crippen LogP contribution in [0.1, 0.15) is 26.7 Å². The lowest BCUT2D eigenvalue weighted by atomic mass is 10.2. The first-order valence-corrected chi connectivity index (χ1v) is 4.03. The maximum absolute atomic E-state index is 11.0. The van der Waals surface area contributed by atoms with Crippen LogP contribution < -0.4 is 0 Å². The zero-order chi connectivity index (χ0) is 9.14. The Morgan fingerprint density at radius 3 is 2.83 bits per heavy atom. The van der Waals surface area contributed by atoms with Gasteiger partial charge in [-0.05, 0) is 13.3 Å². The molecule has 0 radical (unpaired) electrons. The predicted octanol–water partition coefficient (Wildman–Crippen LogP) is 0.644. The molecule has 0 bridgehead atoms. The lowest BCUT2D eigenvalue weighted by molar-refractivity contribution is -0.188. The van der Waals surface area contributed by atoms with Crippen molar-refractivity contribution >= 4 is 11.9 Å². The van der Waals surface area contributed by atoms with Gasteiger partial charge >= 0.3 is 11.9 Å². The smallest absolute Gasteiger partial charge is 0.348 e. The fraction of sp³-hybridized carbons (Fsp3) is 0.750. The molecule has 0 N–H and O–H groups in total. The van der Waals surface area contributed by atoms with Gasteiger partial charge in [-0.15, -0.1) is 0 Å². The number of hydrogen-bond acceptors (Lipinski definition) is 4. The van der Waals surface area contributed by atoms with E-state index < -0.39 is 12.1 Å². The predicted molar refractivity (Wildman–Crippen MR) is 40.3 cm³/mol. The minimum atomic E-state index is -0.647. The second-order valence-electron chi connectivity index (χ2n) is 2.84. The molecule has 4 heteroatoms. The summed E-state index contributed by atoms with van der Waals surface area (Å²) >= 11 is 0. The molecule has 0 aromatic rings. The number of ether oxygens (including phenoxy) is 2. The first kappa shape index (κ1) is 9.03. The van der Waals surface area contributed by atoms with Crippen molar-refractivity contribution < 1.29 is 19.1 Å². The number of rotatable bonds is 3. The second-order valence-corrected chi connectivity index (χ2v) is 2.84. The largest absolute Gasteiger partial charge is 0.460 e. The topological polar surface area (TPSA) is 52.6 Å². The summed E-state index contributed by atoms with van der Waals surface area (Å²) in [6.07, 6.45) is 0.185. The highest BCUT2D eigenvalue weighted by molar-refractivity contribution is 5.89. The molecule has 12 heavy (non-hydrogen) atoms. The molecule has 0 aromatic carbocycles. The second kappa shape index (κ2) is 3.56. The highest BCUT2D eigenvalue weighted by Crippen LogP contribution is 2.15. The number of esters is 2. The summed E-state index contributed by atoms with van der Waals surface area (Å²) < 4.78 is 9.47. The van der Waals surface area contributed by atoms with Crippen LogP contribution >= 0.6 is 0 Å². The fourth-order valence-corrected chi connectivity index (χ4v) is 0.789. The molecule has 0 unspecified atom stereocenters. The van der Waals surface area contributed by atoms with Gasteiger partial charge in [0, 0.05) is 0 Å². The molecule has 0 spiro atoms. The maximum Gasteiger partial charge on any atom is 0.348 e. The molecule has 2 atom stereocenters. The van der Waals surface area contributed by atoms with E-state index >= 15 is 0 Å². The molecule has 1 saturated heterocycles. The number of hydrogen-bond donors (Lipinski definition) is 0. The monoisotopic (exact) mass is 172 g/mol. The zero-order valence-electron chi connectivity index (χ0n) is 7.20. The van der Waals surface area contributed by atoms with Gasteiger partial charge in [0.25, 0.3) is 0 Å². The van der Waals surface area contributed by atoms with Gasteiger partial charge in [-0.1, -0.05) is 6.92 Å². The quantitative estimate of drug-likeness (QED) is 0.586. The zero-order valence-corrected chi connectivity index (χ0v) is 7.20. The van der Waals surface area contributed by atoms with Crippen molar-refractivity contribution in [1.29, 1.82) is 0 Å². The Labute approximate surface area is 70.8 Å². The number of cyclic esters (lactones) is 1. The van der Waals surface area contributed by atoms with Crippen LogP contribution in [0.4, 0.5) is 0 Å². The van der Waals surface area contributed by atoms with E-state index in [2.05, 4.69) is 4.74 Å². The van der Waals surface area contributed by atoms with Crippen molar-refractivity contribution in [2.45, 2.75) is 38.9 Å². The Bertz CT molecular complexity index is 191. The first-order valence-electron chi connectivity index (χ1n) is 4.03. The third-order valence-electron chi connectivity index (χ3n) is 1.78. The Kier molecular flexibility index (Phi) is 2.68. The molecule has 0 saturated carbocycles. The van der Waals surface area contributed by atoms with Crippen LogP contribution in [0.15, 0.2) is 0 Å². The molecule has 1 aliphatic heterocycles. The van der Waals surface area contributed by atoms with Gasteiger partial charge in [-0.3, -0.25) is 4.79 Å². The Balaban J connectivity index is 2.25. The van der Waals surface area contributed by atoms with Gasteiger partial charge in [-0.2, -0.15) is 0 Å². The summed E-state index contributed by atoms with van der Waals surface area (Å²) in [5.74, 6) is -0.759. The Morgan fingerprint density at radius 2 is 2.42 bits per heavy atom. The Morgan fingerprint density at radius 1 is 1.83 bits per heavy atom. The average Bonchev–Trinajstić information content (AvgIpc) is 1.98. The standard InChI is InChI=1S/C8H12O4/c1-3-5(2)11-8(10)6-4-7(9)12-6/h5-6H,3-4H2,1-2H3/t5-,6-/m0/s1. The summed E-state index contributed by atoms with van der Waals surface area (Å²) in [7, 11) is 0. The van der Waals surface area contributed by atoms with E-state index in [4.69, 9.17) is 4.74 Å². The van der Waals surface area contributed by atoms with E-state index in [-0.39, 0.29) is 18.5 Å². The van der Waals surface area contributed by atoms with Gasteiger partial charge in [0.05, 0.1) is 12.5 Å². The summed E-state index contributed by atoms with van der Waals surface area (Å²) in [5, 5.41) is 0. The third-order valence-corrected chi connectivity index (χ3v) is 1.78. The lowest BCUT2D eigenvalue weighted by Crippen LogP contribution is -2.41. The number of carbonyl (C=O) groups excluding carboxylic acids is 2. The van der Waals surface area contributed by atoms with E-state index in [1.807, 2.05) is 6.92 Å². The molecule has 1 aliphatic rings. The van der Waals surface area contributed by atoms with Crippen molar-refractivity contribution in [3.05, 3.63) is 0 Å². The summed E-state index contributed by atoms with van der Waals surface area (Å²) in [6, 6.07) is 0. The normalized spacial score (nSPS) is 23.8. The molecule has 1 fully saturated rings. The van der Waals surface area contributed by atoms with E-state index in [0.29, 0.717) is 0 Å². The van der Waals surface area contributed by atoms with Gasteiger partial charge in [0.1, 0.15) is 0 Å². The van der Waals surface area contributed by atoms with Crippen LogP contribution in [0.2, 0.25) is 0 Å². The van der Waals surface area contributed by atoms with Crippen molar-refractivity contribution in [3.8, 4) is 0 Å². The highest BCUT2D eigenvalue weighted by Gasteiger charge is 2.36. The molecule has 0 amide bonds. The van der Waals surface area contributed by atoms with Crippen molar-refractivity contribution in [2.75, 3.05) is 0 Å². The Hall–Kier alpha value is -1.06. The van der Waals surface area contributed by atoms with Gasteiger partial charge in [-0.25, -0.2) is 4.79 Å². The minimum Gasteiger partial charge on any atom is -0.460 e. The SMILES string of the molecule is CC[C@H](C)OC(=O)[C@@H]1CC(=O)O1. The molecule has 4 nitrogen and oxygen atoms in total. The fourth-order valence-electron chi connectivity index (χ4n) is 0.789. The van der Waals surface area contributed by atoms with Crippen molar-refractivity contribution in [3.63, 3.8) is 0 Å². The molecule has 1 heterocycles. The lowest BCUT2D eigenvalue weighted by Gasteiger charge is -2.24. The molecular formula is C8H12O4. The van der Waals surface area contributed by atoms with Gasteiger partial charge < -0.3 is 9.47 Å². The molecule has 1 rings (SSSR count). The number of carbonyl (C=O) groups is 2. The highest BCUT2D eigenvalue weighted by atomic mass is 16.6. The van der Waals surface area contributed by atoms with E-state index in [1.165, 1.54) is 0 Å². The maximum atomic E-state index is 11.0. The third kappa shape index (κ3) is 1.96. The average molecular weight is 172 g/mol. The van der Waals surface area contributed by atoms with E-state index in [1.54, 1.807) is 6.92 Å². The van der Waals surface area contributed by atoms with Crippen molar-refractivity contribution in [2.24, 2.45) is 0 Å².